The summed E-state index contributed by atoms with van der Waals surface area (Å²) in [5.74, 6) is 0.184. The lowest BCUT2D eigenvalue weighted by Crippen LogP contribution is -2.00. The molecule has 0 saturated carbocycles. The largest absolute Gasteiger partial charge is 0.496 e. The highest BCUT2D eigenvalue weighted by molar-refractivity contribution is 5.35. The average Bonchev–Trinajstić information content (AvgIpc) is 2.18. The third-order valence-electron chi connectivity index (χ3n) is 2.11. The molecule has 0 aliphatic heterocycles. The SMILES string of the molecule is CCC[C@@H](O)c1cc(F)ccc1OC. The number of ether oxygens (including phenoxy) is 1. The average molecular weight is 198 g/mol. The molecule has 0 aromatic heterocycles. The van der Waals surface area contributed by atoms with E-state index in [2.05, 4.69) is 0 Å². The first-order chi connectivity index (χ1) is 6.69. The molecule has 3 heteroatoms. The van der Waals surface area contributed by atoms with E-state index < -0.39 is 6.10 Å². The lowest BCUT2D eigenvalue weighted by atomic mass is 10.0. The van der Waals surface area contributed by atoms with E-state index in [1.807, 2.05) is 6.92 Å². The lowest BCUT2D eigenvalue weighted by molar-refractivity contribution is 0.162. The van der Waals surface area contributed by atoms with E-state index in [1.165, 1.54) is 25.3 Å². The van der Waals surface area contributed by atoms with Gasteiger partial charge in [0.2, 0.25) is 0 Å². The monoisotopic (exact) mass is 198 g/mol. The number of methoxy groups -OCH3 is 1. The number of hydrogen-bond donors (Lipinski definition) is 1. The summed E-state index contributed by atoms with van der Waals surface area (Å²) in [6.07, 6.45) is 0.811. The predicted molar refractivity (Wildman–Crippen MR) is 52.8 cm³/mol. The van der Waals surface area contributed by atoms with E-state index in [0.717, 1.165) is 6.42 Å². The Balaban J connectivity index is 2.97. The Morgan fingerprint density at radius 2 is 2.21 bits per heavy atom. The van der Waals surface area contributed by atoms with Crippen LogP contribution in [0, 0.1) is 5.82 Å². The number of aliphatic hydroxyl groups is 1. The smallest absolute Gasteiger partial charge is 0.124 e. The predicted octanol–water partition coefficient (Wildman–Crippen LogP) is 2.67. The van der Waals surface area contributed by atoms with E-state index in [1.54, 1.807) is 0 Å². The van der Waals surface area contributed by atoms with Gasteiger partial charge in [-0.2, -0.15) is 0 Å². The quantitative estimate of drug-likeness (QED) is 0.806. The van der Waals surface area contributed by atoms with Crippen LogP contribution in [0.1, 0.15) is 31.4 Å². The second-order valence-corrected chi connectivity index (χ2v) is 3.19. The number of aliphatic hydroxyl groups excluding tert-OH is 1. The van der Waals surface area contributed by atoms with Crippen molar-refractivity contribution in [2.75, 3.05) is 7.11 Å². The molecule has 78 valence electrons. The molecule has 0 fully saturated rings. The molecule has 1 atom stereocenters. The van der Waals surface area contributed by atoms with Crippen molar-refractivity contribution >= 4 is 0 Å². The lowest BCUT2D eigenvalue weighted by Gasteiger charge is -2.13. The molecule has 0 spiro atoms. The van der Waals surface area contributed by atoms with Gasteiger partial charge in [-0.3, -0.25) is 0 Å². The van der Waals surface area contributed by atoms with Gasteiger partial charge in [0, 0.05) is 5.56 Å². The molecule has 2 nitrogen and oxygen atoms in total. The van der Waals surface area contributed by atoms with Gasteiger partial charge in [0.25, 0.3) is 0 Å². The van der Waals surface area contributed by atoms with Gasteiger partial charge in [0.05, 0.1) is 13.2 Å². The molecule has 0 aliphatic rings. The maximum Gasteiger partial charge on any atom is 0.124 e. The van der Waals surface area contributed by atoms with Gasteiger partial charge in [0.15, 0.2) is 0 Å². The summed E-state index contributed by atoms with van der Waals surface area (Å²) in [6, 6.07) is 4.17. The van der Waals surface area contributed by atoms with E-state index in [0.29, 0.717) is 17.7 Å². The maximum atomic E-state index is 12.9. The molecule has 0 radical (unpaired) electrons. The molecule has 0 heterocycles. The summed E-state index contributed by atoms with van der Waals surface area (Å²) >= 11 is 0. The van der Waals surface area contributed by atoms with Gasteiger partial charge < -0.3 is 9.84 Å². The molecule has 0 saturated heterocycles. The molecule has 1 N–H and O–H groups in total. The second kappa shape index (κ2) is 4.96. The molecule has 0 amide bonds. The van der Waals surface area contributed by atoms with Crippen LogP contribution in [0.2, 0.25) is 0 Å². The van der Waals surface area contributed by atoms with E-state index in [4.69, 9.17) is 4.74 Å². The van der Waals surface area contributed by atoms with Crippen LogP contribution in [0.15, 0.2) is 18.2 Å². The van der Waals surface area contributed by atoms with Crippen molar-refractivity contribution in [2.24, 2.45) is 0 Å². The minimum absolute atomic E-state index is 0.351. The van der Waals surface area contributed by atoms with E-state index in [-0.39, 0.29) is 5.82 Å². The van der Waals surface area contributed by atoms with Crippen molar-refractivity contribution in [3.63, 3.8) is 0 Å². The normalized spacial score (nSPS) is 12.6. The van der Waals surface area contributed by atoms with Crippen LogP contribution >= 0.6 is 0 Å². The second-order valence-electron chi connectivity index (χ2n) is 3.19. The van der Waals surface area contributed by atoms with Crippen LogP contribution in [-0.2, 0) is 0 Å². The Hall–Kier alpha value is -1.09. The van der Waals surface area contributed by atoms with Crippen molar-refractivity contribution in [1.82, 2.24) is 0 Å². The van der Waals surface area contributed by atoms with Gasteiger partial charge in [-0.1, -0.05) is 13.3 Å². The third-order valence-corrected chi connectivity index (χ3v) is 2.11. The Kier molecular flexibility index (Phi) is 3.89. The van der Waals surface area contributed by atoms with Crippen molar-refractivity contribution in [3.05, 3.63) is 29.6 Å². The van der Waals surface area contributed by atoms with E-state index >= 15 is 0 Å². The van der Waals surface area contributed by atoms with Crippen molar-refractivity contribution < 1.29 is 14.2 Å². The minimum Gasteiger partial charge on any atom is -0.496 e. The summed E-state index contributed by atoms with van der Waals surface area (Å²) in [6.45, 7) is 1.97. The molecule has 14 heavy (non-hydrogen) atoms. The van der Waals surface area contributed by atoms with Crippen molar-refractivity contribution in [1.29, 1.82) is 0 Å². The first-order valence-corrected chi connectivity index (χ1v) is 4.70. The molecular formula is C11H15FO2. The summed E-state index contributed by atoms with van der Waals surface area (Å²) in [4.78, 5) is 0. The Labute approximate surface area is 83.3 Å². The zero-order valence-corrected chi connectivity index (χ0v) is 8.46. The van der Waals surface area contributed by atoms with Gasteiger partial charge in [-0.25, -0.2) is 4.39 Å². The number of hydrogen-bond acceptors (Lipinski definition) is 2. The highest BCUT2D eigenvalue weighted by atomic mass is 19.1. The van der Waals surface area contributed by atoms with Crippen LogP contribution in [-0.4, -0.2) is 12.2 Å². The number of benzene rings is 1. The van der Waals surface area contributed by atoms with Gasteiger partial charge in [0.1, 0.15) is 11.6 Å². The highest BCUT2D eigenvalue weighted by Crippen LogP contribution is 2.28. The molecule has 1 aromatic rings. The zero-order chi connectivity index (χ0) is 10.6. The standard InChI is InChI=1S/C11H15FO2/c1-3-4-10(13)9-7-8(12)5-6-11(9)14-2/h5-7,10,13H,3-4H2,1-2H3/t10-/m1/s1. The number of halogens is 1. The van der Waals surface area contributed by atoms with Gasteiger partial charge in [-0.15, -0.1) is 0 Å². The third kappa shape index (κ3) is 2.45. The topological polar surface area (TPSA) is 29.5 Å². The Morgan fingerprint density at radius 3 is 2.79 bits per heavy atom. The summed E-state index contributed by atoms with van der Waals surface area (Å²) in [5.41, 5.74) is 0.523. The minimum atomic E-state index is -0.648. The summed E-state index contributed by atoms with van der Waals surface area (Å²) < 4.78 is 18.0. The summed E-state index contributed by atoms with van der Waals surface area (Å²) in [7, 11) is 1.51. The van der Waals surface area contributed by atoms with Gasteiger partial charge >= 0.3 is 0 Å². The van der Waals surface area contributed by atoms with Crippen molar-refractivity contribution in [3.8, 4) is 5.75 Å². The summed E-state index contributed by atoms with van der Waals surface area (Å²) in [5, 5.41) is 9.71. The first kappa shape index (κ1) is 11.0. The molecule has 0 unspecified atom stereocenters. The molecule has 0 aliphatic carbocycles. The number of rotatable bonds is 4. The fourth-order valence-electron chi connectivity index (χ4n) is 1.39. The van der Waals surface area contributed by atoms with Crippen LogP contribution in [0.3, 0.4) is 0 Å². The molecule has 1 aromatic carbocycles. The van der Waals surface area contributed by atoms with Crippen molar-refractivity contribution in [2.45, 2.75) is 25.9 Å². The molecule has 1 rings (SSSR count). The molecular weight excluding hydrogens is 183 g/mol. The Bertz CT molecular complexity index is 299. The Morgan fingerprint density at radius 1 is 1.50 bits per heavy atom. The van der Waals surface area contributed by atoms with E-state index in [9.17, 15) is 9.50 Å². The molecule has 0 bridgehead atoms. The van der Waals surface area contributed by atoms with Crippen LogP contribution in [0.25, 0.3) is 0 Å². The van der Waals surface area contributed by atoms with Crippen LogP contribution in [0.4, 0.5) is 4.39 Å². The zero-order valence-electron chi connectivity index (χ0n) is 8.46. The fourth-order valence-corrected chi connectivity index (χ4v) is 1.39. The van der Waals surface area contributed by atoms with Gasteiger partial charge in [-0.05, 0) is 24.6 Å². The fraction of sp³-hybridized carbons (Fsp3) is 0.455. The maximum absolute atomic E-state index is 12.9. The van der Waals surface area contributed by atoms with Crippen LogP contribution < -0.4 is 4.74 Å². The first-order valence-electron chi connectivity index (χ1n) is 4.70. The highest BCUT2D eigenvalue weighted by Gasteiger charge is 2.12. The van der Waals surface area contributed by atoms with Crippen LogP contribution in [0.5, 0.6) is 5.75 Å².